The van der Waals surface area contributed by atoms with Gasteiger partial charge in [0.1, 0.15) is 11.5 Å². The average Bonchev–Trinajstić information content (AvgIpc) is 2.68. The molecular formula is C20H20ClNO5. The summed E-state index contributed by atoms with van der Waals surface area (Å²) in [5.41, 5.74) is 2.35. The van der Waals surface area contributed by atoms with Gasteiger partial charge in [0, 0.05) is 5.02 Å². The van der Waals surface area contributed by atoms with Crippen molar-refractivity contribution in [1.29, 1.82) is 0 Å². The number of para-hydroxylation sites is 2. The number of nitrogens with zero attached hydrogens (tertiary/aromatic N) is 1. The van der Waals surface area contributed by atoms with Crippen LogP contribution in [-0.2, 0) is 14.3 Å². The van der Waals surface area contributed by atoms with E-state index in [1.54, 1.807) is 36.4 Å². The van der Waals surface area contributed by atoms with Gasteiger partial charge in [-0.2, -0.15) is 0 Å². The molecule has 0 radical (unpaired) electrons. The van der Waals surface area contributed by atoms with E-state index in [1.165, 1.54) is 12.0 Å². The predicted molar refractivity (Wildman–Crippen MR) is 102 cm³/mol. The van der Waals surface area contributed by atoms with E-state index in [0.717, 1.165) is 11.1 Å². The number of esters is 1. The Hall–Kier alpha value is -2.73. The molecule has 6 nitrogen and oxygen atoms in total. The number of anilines is 1. The van der Waals surface area contributed by atoms with Gasteiger partial charge in [-0.3, -0.25) is 4.79 Å². The lowest BCUT2D eigenvalue weighted by Crippen LogP contribution is -2.48. The van der Waals surface area contributed by atoms with Crippen LogP contribution < -0.4 is 14.4 Å². The highest BCUT2D eigenvalue weighted by Gasteiger charge is 2.34. The number of methoxy groups -OCH3 is 1. The number of amides is 1. The topological polar surface area (TPSA) is 65.1 Å². The molecule has 142 valence electrons. The van der Waals surface area contributed by atoms with E-state index in [0.29, 0.717) is 22.2 Å². The fourth-order valence-electron chi connectivity index (χ4n) is 2.94. The lowest BCUT2D eigenvalue weighted by atomic mass is 10.1. The minimum atomic E-state index is -0.881. The summed E-state index contributed by atoms with van der Waals surface area (Å²) in [6.07, 6.45) is -0.881. The van der Waals surface area contributed by atoms with Crippen molar-refractivity contribution in [3.63, 3.8) is 0 Å². The smallest absolute Gasteiger partial charge is 0.348 e. The van der Waals surface area contributed by atoms with Crippen molar-refractivity contribution in [3.8, 4) is 11.5 Å². The first-order valence-electron chi connectivity index (χ1n) is 8.44. The fraction of sp³-hybridized carbons (Fsp3) is 0.300. The molecule has 0 N–H and O–H groups in total. The molecule has 3 rings (SSSR count). The lowest BCUT2D eigenvalue weighted by Gasteiger charge is -2.33. The Morgan fingerprint density at radius 3 is 2.56 bits per heavy atom. The van der Waals surface area contributed by atoms with E-state index in [-0.39, 0.29) is 19.1 Å². The highest BCUT2D eigenvalue weighted by atomic mass is 35.5. The van der Waals surface area contributed by atoms with Crippen LogP contribution in [0, 0.1) is 13.8 Å². The number of hydrogen-bond donors (Lipinski definition) is 0. The number of benzene rings is 2. The molecule has 0 aromatic heterocycles. The zero-order valence-electron chi connectivity index (χ0n) is 15.3. The molecule has 0 spiro atoms. The van der Waals surface area contributed by atoms with Gasteiger partial charge in [0.05, 0.1) is 19.3 Å². The second-order valence-electron chi connectivity index (χ2n) is 6.26. The third-order valence-corrected chi connectivity index (χ3v) is 4.91. The van der Waals surface area contributed by atoms with Crippen LogP contribution in [0.2, 0.25) is 5.02 Å². The van der Waals surface area contributed by atoms with Crippen LogP contribution in [0.1, 0.15) is 11.1 Å². The number of hydrogen-bond acceptors (Lipinski definition) is 5. The van der Waals surface area contributed by atoms with Gasteiger partial charge in [-0.25, -0.2) is 4.79 Å². The molecule has 0 fully saturated rings. The highest BCUT2D eigenvalue weighted by molar-refractivity contribution is 6.32. The van der Waals surface area contributed by atoms with Gasteiger partial charge >= 0.3 is 5.97 Å². The van der Waals surface area contributed by atoms with Crippen molar-refractivity contribution in [3.05, 3.63) is 52.5 Å². The maximum absolute atomic E-state index is 12.8. The van der Waals surface area contributed by atoms with E-state index >= 15 is 0 Å². The molecular weight excluding hydrogens is 370 g/mol. The zero-order valence-corrected chi connectivity index (χ0v) is 16.1. The maximum Gasteiger partial charge on any atom is 0.348 e. The van der Waals surface area contributed by atoms with Gasteiger partial charge in [0.25, 0.3) is 5.91 Å². The zero-order chi connectivity index (χ0) is 19.6. The van der Waals surface area contributed by atoms with Gasteiger partial charge in [0.15, 0.2) is 6.61 Å². The van der Waals surface area contributed by atoms with E-state index < -0.39 is 12.1 Å². The van der Waals surface area contributed by atoms with Crippen molar-refractivity contribution >= 4 is 29.2 Å². The normalized spacial score (nSPS) is 15.6. The molecule has 2 aromatic carbocycles. The molecule has 27 heavy (non-hydrogen) atoms. The van der Waals surface area contributed by atoms with Crippen LogP contribution in [0.5, 0.6) is 11.5 Å². The Morgan fingerprint density at radius 1 is 1.22 bits per heavy atom. The number of halogens is 1. The minimum Gasteiger partial charge on any atom is -0.484 e. The first-order valence-corrected chi connectivity index (χ1v) is 8.82. The Balaban J connectivity index is 1.78. The molecule has 1 aliphatic heterocycles. The largest absolute Gasteiger partial charge is 0.484 e. The Kier molecular flexibility index (Phi) is 5.56. The molecule has 0 aliphatic carbocycles. The van der Waals surface area contributed by atoms with Gasteiger partial charge in [-0.05, 0) is 49.2 Å². The van der Waals surface area contributed by atoms with Crippen LogP contribution in [0.15, 0.2) is 36.4 Å². The van der Waals surface area contributed by atoms with E-state index in [4.69, 9.17) is 25.8 Å². The monoisotopic (exact) mass is 389 g/mol. The van der Waals surface area contributed by atoms with Gasteiger partial charge in [-0.1, -0.05) is 23.7 Å². The minimum absolute atomic E-state index is 0.0601. The second kappa shape index (κ2) is 7.88. The lowest BCUT2D eigenvalue weighted by molar-refractivity contribution is -0.148. The third kappa shape index (κ3) is 4.01. The molecule has 1 aliphatic rings. The summed E-state index contributed by atoms with van der Waals surface area (Å²) in [4.78, 5) is 26.2. The maximum atomic E-state index is 12.8. The van der Waals surface area contributed by atoms with Crippen molar-refractivity contribution in [2.24, 2.45) is 0 Å². The summed E-state index contributed by atoms with van der Waals surface area (Å²) in [7, 11) is 1.28. The van der Waals surface area contributed by atoms with Gasteiger partial charge < -0.3 is 19.1 Å². The Morgan fingerprint density at radius 2 is 1.89 bits per heavy atom. The van der Waals surface area contributed by atoms with Crippen molar-refractivity contribution < 1.29 is 23.8 Å². The molecule has 1 atom stereocenters. The predicted octanol–water partition coefficient (Wildman–Crippen LogP) is 3.30. The number of rotatable bonds is 4. The first-order chi connectivity index (χ1) is 12.9. The van der Waals surface area contributed by atoms with Crippen LogP contribution in [0.25, 0.3) is 0 Å². The van der Waals surface area contributed by atoms with Crippen molar-refractivity contribution in [2.45, 2.75) is 20.0 Å². The number of carbonyl (C=O) groups is 2. The Labute approximate surface area is 162 Å². The van der Waals surface area contributed by atoms with Crippen LogP contribution in [0.3, 0.4) is 0 Å². The summed E-state index contributed by atoms with van der Waals surface area (Å²) >= 11 is 6.16. The third-order valence-electron chi connectivity index (χ3n) is 4.31. The summed E-state index contributed by atoms with van der Waals surface area (Å²) in [6.45, 7) is 3.64. The van der Waals surface area contributed by atoms with Crippen molar-refractivity contribution in [1.82, 2.24) is 0 Å². The average molecular weight is 390 g/mol. The highest BCUT2D eigenvalue weighted by Crippen LogP contribution is 2.33. The molecule has 0 unspecified atom stereocenters. The van der Waals surface area contributed by atoms with Crippen LogP contribution in [0.4, 0.5) is 5.69 Å². The Bertz CT molecular complexity index is 859. The summed E-state index contributed by atoms with van der Waals surface area (Å²) < 4.78 is 16.1. The van der Waals surface area contributed by atoms with E-state index in [2.05, 4.69) is 0 Å². The summed E-state index contributed by atoms with van der Waals surface area (Å²) in [6, 6.07) is 10.6. The SMILES string of the molecule is COC(=O)[C@H]1CN(C(=O)COc2cc(C)c(Cl)c(C)c2)c2ccccc2O1. The summed E-state index contributed by atoms with van der Waals surface area (Å²) in [5.74, 6) is 0.191. The molecule has 1 amide bonds. The molecule has 0 saturated heterocycles. The molecule has 7 heteroatoms. The first kappa shape index (κ1) is 19.0. The van der Waals surface area contributed by atoms with Crippen LogP contribution in [-0.4, -0.2) is 38.2 Å². The van der Waals surface area contributed by atoms with Gasteiger partial charge in [0.2, 0.25) is 6.10 Å². The number of aryl methyl sites for hydroxylation is 2. The van der Waals surface area contributed by atoms with Gasteiger partial charge in [-0.15, -0.1) is 0 Å². The van der Waals surface area contributed by atoms with Crippen LogP contribution >= 0.6 is 11.6 Å². The fourth-order valence-corrected chi connectivity index (χ4v) is 3.05. The number of fused-ring (bicyclic) bond motifs is 1. The van der Waals surface area contributed by atoms with E-state index in [9.17, 15) is 9.59 Å². The second-order valence-corrected chi connectivity index (χ2v) is 6.64. The van der Waals surface area contributed by atoms with Crippen molar-refractivity contribution in [2.75, 3.05) is 25.2 Å². The quantitative estimate of drug-likeness (QED) is 0.751. The van der Waals surface area contributed by atoms with E-state index in [1.807, 2.05) is 13.8 Å². The number of carbonyl (C=O) groups excluding carboxylic acids is 2. The number of ether oxygens (including phenoxy) is 3. The summed E-state index contributed by atoms with van der Waals surface area (Å²) in [5, 5.41) is 0.678. The molecule has 1 heterocycles. The molecule has 0 saturated carbocycles. The molecule has 2 aromatic rings. The molecule has 0 bridgehead atoms. The standard InChI is InChI=1S/C20H20ClNO5/c1-12-8-14(9-13(2)19(12)21)26-11-18(23)22-10-17(20(24)25-3)27-16-7-5-4-6-15(16)22/h4-9,17H,10-11H2,1-3H3/t17-/m1/s1.